The molecule has 0 amide bonds. The van der Waals surface area contributed by atoms with Gasteiger partial charge in [0.2, 0.25) is 0 Å². The van der Waals surface area contributed by atoms with Gasteiger partial charge in [0.05, 0.1) is 12.6 Å². The molecule has 2 heterocycles. The first-order chi connectivity index (χ1) is 10.2. The van der Waals surface area contributed by atoms with Gasteiger partial charge in [0.15, 0.2) is 0 Å². The monoisotopic (exact) mass is 286 g/mol. The highest BCUT2D eigenvalue weighted by atomic mass is 16.5. The van der Waals surface area contributed by atoms with Crippen molar-refractivity contribution in [2.45, 2.75) is 6.04 Å². The first kappa shape index (κ1) is 13.8. The highest BCUT2D eigenvalue weighted by Gasteiger charge is 2.33. The molecule has 110 valence electrons. The number of para-hydroxylation sites is 1. The number of aromatic nitrogens is 2. The first-order valence-electron chi connectivity index (χ1n) is 6.93. The molecule has 0 N–H and O–H groups in total. The largest absolute Gasteiger partial charge is 0.467 e. The lowest BCUT2D eigenvalue weighted by molar-refractivity contribution is -0.143. The van der Waals surface area contributed by atoms with E-state index in [1.807, 2.05) is 36.2 Å². The van der Waals surface area contributed by atoms with Crippen molar-refractivity contribution in [1.82, 2.24) is 14.9 Å². The molecule has 1 aromatic heterocycles. The Bertz CT molecular complexity index is 656. The zero-order valence-corrected chi connectivity index (χ0v) is 12.2. The summed E-state index contributed by atoms with van der Waals surface area (Å²) in [6.45, 7) is 2.24. The zero-order chi connectivity index (χ0) is 14.8. The highest BCUT2D eigenvalue weighted by Crippen LogP contribution is 2.26. The van der Waals surface area contributed by atoms with Crippen molar-refractivity contribution in [2.75, 3.05) is 38.7 Å². The number of anilines is 1. The van der Waals surface area contributed by atoms with Crippen LogP contribution in [0.1, 0.15) is 0 Å². The van der Waals surface area contributed by atoms with Crippen molar-refractivity contribution < 1.29 is 9.53 Å². The van der Waals surface area contributed by atoms with Crippen molar-refractivity contribution in [3.63, 3.8) is 0 Å². The SMILES string of the molecule is COC(=O)C1CN(C)CCN1c1ncnc2ccccc12. The molecule has 1 aromatic carbocycles. The van der Waals surface area contributed by atoms with Gasteiger partial charge in [0, 0.05) is 25.0 Å². The second-order valence-corrected chi connectivity index (χ2v) is 5.21. The topological polar surface area (TPSA) is 58.6 Å². The maximum absolute atomic E-state index is 12.1. The van der Waals surface area contributed by atoms with E-state index < -0.39 is 0 Å². The summed E-state index contributed by atoms with van der Waals surface area (Å²) in [6, 6.07) is 7.49. The fourth-order valence-electron chi connectivity index (χ4n) is 2.73. The minimum absolute atomic E-state index is 0.232. The third kappa shape index (κ3) is 2.54. The maximum atomic E-state index is 12.1. The number of benzene rings is 1. The molecule has 1 fully saturated rings. The van der Waals surface area contributed by atoms with Gasteiger partial charge in [-0.1, -0.05) is 12.1 Å². The lowest BCUT2D eigenvalue weighted by Gasteiger charge is -2.39. The van der Waals surface area contributed by atoms with Gasteiger partial charge in [-0.05, 0) is 19.2 Å². The van der Waals surface area contributed by atoms with Crippen LogP contribution < -0.4 is 4.90 Å². The van der Waals surface area contributed by atoms with Gasteiger partial charge in [-0.2, -0.15) is 0 Å². The minimum atomic E-state index is -0.341. The molecule has 1 saturated heterocycles. The number of piperazine rings is 1. The lowest BCUT2D eigenvalue weighted by Crippen LogP contribution is -2.56. The normalized spacial score (nSPS) is 19.7. The molecule has 0 aliphatic carbocycles. The Morgan fingerprint density at radius 1 is 1.29 bits per heavy atom. The van der Waals surface area contributed by atoms with Crippen LogP contribution in [-0.2, 0) is 9.53 Å². The summed E-state index contributed by atoms with van der Waals surface area (Å²) >= 11 is 0. The van der Waals surface area contributed by atoms with E-state index in [0.717, 1.165) is 29.8 Å². The van der Waals surface area contributed by atoms with Crippen molar-refractivity contribution in [1.29, 1.82) is 0 Å². The molecule has 3 rings (SSSR count). The second kappa shape index (κ2) is 5.65. The summed E-state index contributed by atoms with van der Waals surface area (Å²) in [4.78, 5) is 24.9. The number of ether oxygens (including phenoxy) is 1. The molecular formula is C15H18N4O2. The summed E-state index contributed by atoms with van der Waals surface area (Å²) in [5.41, 5.74) is 0.880. The molecule has 1 unspecified atom stereocenters. The Balaban J connectivity index is 2.05. The molecule has 6 nitrogen and oxygen atoms in total. The average Bonchev–Trinajstić information content (AvgIpc) is 2.53. The summed E-state index contributed by atoms with van der Waals surface area (Å²) in [5.74, 6) is 0.563. The number of esters is 1. The van der Waals surface area contributed by atoms with E-state index in [4.69, 9.17) is 4.74 Å². The first-order valence-corrected chi connectivity index (χ1v) is 6.93. The van der Waals surface area contributed by atoms with Crippen LogP contribution in [0.4, 0.5) is 5.82 Å². The summed E-state index contributed by atoms with van der Waals surface area (Å²) < 4.78 is 4.95. The third-order valence-electron chi connectivity index (χ3n) is 3.85. The van der Waals surface area contributed by atoms with E-state index >= 15 is 0 Å². The molecular weight excluding hydrogens is 268 g/mol. The van der Waals surface area contributed by atoms with Gasteiger partial charge >= 0.3 is 5.97 Å². The molecule has 0 bridgehead atoms. The van der Waals surface area contributed by atoms with E-state index in [-0.39, 0.29) is 12.0 Å². The van der Waals surface area contributed by atoms with E-state index in [1.165, 1.54) is 7.11 Å². The van der Waals surface area contributed by atoms with E-state index in [1.54, 1.807) is 6.33 Å². The fourth-order valence-corrected chi connectivity index (χ4v) is 2.73. The predicted molar refractivity (Wildman–Crippen MR) is 80.2 cm³/mol. The van der Waals surface area contributed by atoms with E-state index in [2.05, 4.69) is 14.9 Å². The van der Waals surface area contributed by atoms with Gasteiger partial charge in [0.1, 0.15) is 18.2 Å². The second-order valence-electron chi connectivity index (χ2n) is 5.21. The Kier molecular flexibility index (Phi) is 3.70. The van der Waals surface area contributed by atoms with Crippen LogP contribution in [0.3, 0.4) is 0 Å². The molecule has 1 atom stereocenters. The van der Waals surface area contributed by atoms with Crippen LogP contribution >= 0.6 is 0 Å². The van der Waals surface area contributed by atoms with Crippen LogP contribution in [-0.4, -0.2) is 60.7 Å². The van der Waals surface area contributed by atoms with E-state index in [0.29, 0.717) is 6.54 Å². The Hall–Kier alpha value is -2.21. The van der Waals surface area contributed by atoms with Crippen LogP contribution in [0, 0.1) is 0 Å². The minimum Gasteiger partial charge on any atom is -0.467 e. The lowest BCUT2D eigenvalue weighted by atomic mass is 10.1. The number of fused-ring (bicyclic) bond motifs is 1. The van der Waals surface area contributed by atoms with Gasteiger partial charge in [0.25, 0.3) is 0 Å². The van der Waals surface area contributed by atoms with Crippen molar-refractivity contribution in [3.8, 4) is 0 Å². The average molecular weight is 286 g/mol. The number of hydrogen-bond donors (Lipinski definition) is 0. The third-order valence-corrected chi connectivity index (χ3v) is 3.85. The van der Waals surface area contributed by atoms with Crippen LogP contribution in [0.15, 0.2) is 30.6 Å². The van der Waals surface area contributed by atoms with Crippen molar-refractivity contribution >= 4 is 22.7 Å². The number of likely N-dealkylation sites (N-methyl/N-ethyl adjacent to an activating group) is 1. The quantitative estimate of drug-likeness (QED) is 0.765. The number of hydrogen-bond acceptors (Lipinski definition) is 6. The summed E-state index contributed by atoms with van der Waals surface area (Å²) in [6.07, 6.45) is 1.55. The number of carbonyl (C=O) groups is 1. The van der Waals surface area contributed by atoms with E-state index in [9.17, 15) is 4.79 Å². The molecule has 6 heteroatoms. The fraction of sp³-hybridized carbons (Fsp3) is 0.400. The zero-order valence-electron chi connectivity index (χ0n) is 12.2. The van der Waals surface area contributed by atoms with Crippen LogP contribution in [0.2, 0.25) is 0 Å². The summed E-state index contributed by atoms with van der Waals surface area (Å²) in [7, 11) is 3.43. The van der Waals surface area contributed by atoms with Gasteiger partial charge in [-0.25, -0.2) is 14.8 Å². The highest BCUT2D eigenvalue weighted by molar-refractivity contribution is 5.91. The van der Waals surface area contributed by atoms with Gasteiger partial charge in [-0.15, -0.1) is 0 Å². The number of nitrogens with zero attached hydrogens (tertiary/aromatic N) is 4. The molecule has 21 heavy (non-hydrogen) atoms. The molecule has 2 aromatic rings. The Labute approximate surface area is 123 Å². The Morgan fingerprint density at radius 2 is 2.10 bits per heavy atom. The maximum Gasteiger partial charge on any atom is 0.329 e. The van der Waals surface area contributed by atoms with Crippen LogP contribution in [0.5, 0.6) is 0 Å². The van der Waals surface area contributed by atoms with Crippen molar-refractivity contribution in [2.24, 2.45) is 0 Å². The number of rotatable bonds is 2. The summed E-state index contributed by atoms with van der Waals surface area (Å²) in [5, 5.41) is 0.957. The van der Waals surface area contributed by atoms with Gasteiger partial charge < -0.3 is 14.5 Å². The van der Waals surface area contributed by atoms with Crippen molar-refractivity contribution in [3.05, 3.63) is 30.6 Å². The van der Waals surface area contributed by atoms with Crippen LogP contribution in [0.25, 0.3) is 10.9 Å². The molecule has 1 aliphatic heterocycles. The smallest absolute Gasteiger partial charge is 0.329 e. The molecule has 1 aliphatic rings. The standard InChI is InChI=1S/C15H18N4O2/c1-18-7-8-19(13(9-18)15(20)21-2)14-11-5-3-4-6-12(11)16-10-17-14/h3-6,10,13H,7-9H2,1-2H3. The predicted octanol–water partition coefficient (Wildman–Crippen LogP) is 0.923. The number of carbonyl (C=O) groups excluding carboxylic acids is 1. The molecule has 0 saturated carbocycles. The van der Waals surface area contributed by atoms with Gasteiger partial charge in [-0.3, -0.25) is 0 Å². The molecule has 0 radical (unpaired) electrons. The Morgan fingerprint density at radius 3 is 2.90 bits per heavy atom. The molecule has 0 spiro atoms. The number of methoxy groups -OCH3 is 1.